The summed E-state index contributed by atoms with van der Waals surface area (Å²) in [5.74, 6) is 0.481. The molecule has 34 heavy (non-hydrogen) atoms. The number of carboxylic acid groups (broad SMARTS) is 1. The van der Waals surface area contributed by atoms with Crippen molar-refractivity contribution < 1.29 is 24.1 Å². The van der Waals surface area contributed by atoms with Gasteiger partial charge in [-0.2, -0.15) is 0 Å². The lowest BCUT2D eigenvalue weighted by Crippen LogP contribution is -2.39. The van der Waals surface area contributed by atoms with Crippen LogP contribution < -0.4 is 4.74 Å². The Hall–Kier alpha value is -2.15. The molecule has 0 amide bonds. The van der Waals surface area contributed by atoms with Gasteiger partial charge in [-0.1, -0.05) is 36.6 Å². The lowest BCUT2D eigenvalue weighted by atomic mass is 9.71. The fourth-order valence-electron chi connectivity index (χ4n) is 4.85. The minimum absolute atomic E-state index is 0.100. The topological polar surface area (TPSA) is 74.8 Å². The van der Waals surface area contributed by atoms with E-state index in [1.54, 1.807) is 6.08 Å². The van der Waals surface area contributed by atoms with E-state index in [-0.39, 0.29) is 11.2 Å². The van der Waals surface area contributed by atoms with Crippen molar-refractivity contribution in [3.63, 3.8) is 0 Å². The van der Waals surface area contributed by atoms with Crippen molar-refractivity contribution in [2.45, 2.75) is 70.2 Å². The molecule has 188 valence electrons. The molecule has 0 aromatic heterocycles. The second-order valence-corrected chi connectivity index (χ2v) is 10.4. The van der Waals surface area contributed by atoms with Crippen LogP contribution in [-0.4, -0.2) is 67.1 Å². The Balaban J connectivity index is 0.000000191. The Labute approximate surface area is 204 Å². The molecule has 2 heterocycles. The van der Waals surface area contributed by atoms with Crippen molar-refractivity contribution >= 4 is 12.0 Å². The van der Waals surface area contributed by atoms with Gasteiger partial charge in [-0.25, -0.2) is 4.79 Å². The molecule has 4 rings (SSSR count). The first kappa shape index (κ1) is 26.5. The molecule has 3 fully saturated rings. The highest BCUT2D eigenvalue weighted by Crippen LogP contribution is 2.58. The SMILES string of the molecule is CC(C)=CCC1OC1(C)C1CCCCC12CO2.CN(C)CCOc1ccc(/C=C/C(=O)O)cc1. The predicted molar refractivity (Wildman–Crippen MR) is 135 cm³/mol. The van der Waals surface area contributed by atoms with Crippen LogP contribution in [0.2, 0.25) is 0 Å². The number of ether oxygens (including phenoxy) is 3. The maximum Gasteiger partial charge on any atom is 0.328 e. The van der Waals surface area contributed by atoms with E-state index in [0.717, 1.165) is 37.0 Å². The molecule has 1 aliphatic carbocycles. The number of aliphatic carboxylic acids is 1. The van der Waals surface area contributed by atoms with Crippen LogP contribution in [0.4, 0.5) is 0 Å². The fraction of sp³-hybridized carbons (Fsp3) is 0.607. The number of rotatable bonds is 9. The number of allylic oxidation sites excluding steroid dienone is 1. The van der Waals surface area contributed by atoms with Crippen LogP contribution in [-0.2, 0) is 14.3 Å². The third-order valence-corrected chi connectivity index (χ3v) is 7.01. The Kier molecular flexibility index (Phi) is 8.96. The summed E-state index contributed by atoms with van der Waals surface area (Å²) in [5.41, 5.74) is 2.55. The van der Waals surface area contributed by atoms with E-state index in [4.69, 9.17) is 19.3 Å². The molecule has 4 unspecified atom stereocenters. The summed E-state index contributed by atoms with van der Waals surface area (Å²) in [4.78, 5) is 12.4. The molecule has 1 N–H and O–H groups in total. The van der Waals surface area contributed by atoms with Crippen molar-refractivity contribution in [1.82, 2.24) is 4.90 Å². The van der Waals surface area contributed by atoms with Crippen molar-refractivity contribution in [2.75, 3.05) is 33.9 Å². The van der Waals surface area contributed by atoms with Gasteiger partial charge in [0.1, 0.15) is 12.4 Å². The zero-order chi connectivity index (χ0) is 24.8. The molecular formula is C28H41NO5. The van der Waals surface area contributed by atoms with Gasteiger partial charge in [-0.05, 0) is 77.9 Å². The molecule has 2 aliphatic heterocycles. The zero-order valence-electron chi connectivity index (χ0n) is 21.4. The first-order chi connectivity index (χ1) is 16.1. The predicted octanol–water partition coefficient (Wildman–Crippen LogP) is 5.18. The van der Waals surface area contributed by atoms with Crippen LogP contribution >= 0.6 is 0 Å². The Morgan fingerprint density at radius 3 is 2.53 bits per heavy atom. The molecular weight excluding hydrogens is 430 g/mol. The van der Waals surface area contributed by atoms with Crippen molar-refractivity contribution in [3.8, 4) is 5.75 Å². The van der Waals surface area contributed by atoms with Gasteiger partial charge in [0, 0.05) is 18.5 Å². The summed E-state index contributed by atoms with van der Waals surface area (Å²) in [6, 6.07) is 7.31. The number of likely N-dealkylation sites (N-methyl/N-ethyl adjacent to an activating group) is 1. The molecule has 1 aromatic carbocycles. The Morgan fingerprint density at radius 1 is 1.24 bits per heavy atom. The van der Waals surface area contributed by atoms with Crippen LogP contribution in [0.15, 0.2) is 42.0 Å². The zero-order valence-corrected chi connectivity index (χ0v) is 21.4. The minimum Gasteiger partial charge on any atom is -0.492 e. The third kappa shape index (κ3) is 7.42. The highest BCUT2D eigenvalue weighted by atomic mass is 16.6. The van der Waals surface area contributed by atoms with Gasteiger partial charge in [-0.15, -0.1) is 0 Å². The molecule has 0 radical (unpaired) electrons. The molecule has 1 aromatic rings. The summed E-state index contributed by atoms with van der Waals surface area (Å²) < 4.78 is 17.4. The summed E-state index contributed by atoms with van der Waals surface area (Å²) in [7, 11) is 3.98. The van der Waals surface area contributed by atoms with Crippen molar-refractivity contribution in [2.24, 2.45) is 5.92 Å². The fourth-order valence-corrected chi connectivity index (χ4v) is 4.85. The van der Waals surface area contributed by atoms with E-state index >= 15 is 0 Å². The highest BCUT2D eigenvalue weighted by molar-refractivity contribution is 5.85. The summed E-state index contributed by atoms with van der Waals surface area (Å²) in [5, 5.41) is 8.48. The second-order valence-electron chi connectivity index (χ2n) is 10.4. The van der Waals surface area contributed by atoms with Crippen LogP contribution in [0.1, 0.15) is 58.4 Å². The number of carbonyl (C=O) groups is 1. The molecule has 3 aliphatic rings. The maximum atomic E-state index is 10.3. The van der Waals surface area contributed by atoms with Crippen LogP contribution in [0.25, 0.3) is 6.08 Å². The smallest absolute Gasteiger partial charge is 0.328 e. The molecule has 2 saturated heterocycles. The molecule has 1 saturated carbocycles. The Morgan fingerprint density at radius 2 is 1.94 bits per heavy atom. The van der Waals surface area contributed by atoms with Crippen molar-refractivity contribution in [3.05, 3.63) is 47.6 Å². The van der Waals surface area contributed by atoms with Gasteiger partial charge in [0.15, 0.2) is 0 Å². The summed E-state index contributed by atoms with van der Waals surface area (Å²) in [6.45, 7) is 9.09. The second kappa shape index (κ2) is 11.5. The van der Waals surface area contributed by atoms with Gasteiger partial charge in [0.25, 0.3) is 0 Å². The van der Waals surface area contributed by atoms with E-state index in [9.17, 15) is 4.79 Å². The largest absolute Gasteiger partial charge is 0.492 e. The van der Waals surface area contributed by atoms with Gasteiger partial charge in [-0.3, -0.25) is 0 Å². The van der Waals surface area contributed by atoms with E-state index in [2.05, 4.69) is 26.8 Å². The normalized spacial score (nSPS) is 29.5. The molecule has 0 bridgehead atoms. The lowest BCUT2D eigenvalue weighted by Gasteiger charge is -2.32. The standard InChI is InChI=1S/C15H24O2.C13H17NO3/c1-11(2)7-8-13-14(3,17-13)12-6-4-5-9-15(12)10-16-15;1-14(2)9-10-17-12-6-3-11(4-7-12)5-8-13(15)16/h7,12-13H,4-6,8-10H2,1-3H3;3-8H,9-10H2,1-2H3,(H,15,16)/b;8-5+. The third-order valence-electron chi connectivity index (χ3n) is 7.01. The summed E-state index contributed by atoms with van der Waals surface area (Å²) >= 11 is 0. The monoisotopic (exact) mass is 471 g/mol. The maximum absolute atomic E-state index is 10.3. The van der Waals surface area contributed by atoms with Gasteiger partial charge in [0.2, 0.25) is 0 Å². The van der Waals surface area contributed by atoms with Gasteiger partial charge in [0.05, 0.1) is 23.9 Å². The Bertz CT molecular complexity index is 867. The highest BCUT2D eigenvalue weighted by Gasteiger charge is 2.67. The van der Waals surface area contributed by atoms with Crippen molar-refractivity contribution in [1.29, 1.82) is 0 Å². The summed E-state index contributed by atoms with van der Waals surface area (Å²) in [6.07, 6.45) is 11.7. The van der Waals surface area contributed by atoms with Gasteiger partial charge < -0.3 is 24.2 Å². The minimum atomic E-state index is -0.948. The van der Waals surface area contributed by atoms with E-state index in [1.165, 1.54) is 31.3 Å². The lowest BCUT2D eigenvalue weighted by molar-refractivity contribution is -0.131. The first-order valence-corrected chi connectivity index (χ1v) is 12.4. The first-order valence-electron chi connectivity index (χ1n) is 12.4. The van der Waals surface area contributed by atoms with E-state index < -0.39 is 5.97 Å². The number of epoxide rings is 2. The van der Waals surface area contributed by atoms with Crippen LogP contribution in [0.3, 0.4) is 0 Å². The number of hydrogen-bond donors (Lipinski definition) is 1. The number of carboxylic acids is 1. The number of hydrogen-bond acceptors (Lipinski definition) is 5. The van der Waals surface area contributed by atoms with Crippen LogP contribution in [0.5, 0.6) is 5.75 Å². The molecule has 4 atom stereocenters. The van der Waals surface area contributed by atoms with E-state index in [0.29, 0.717) is 18.6 Å². The number of nitrogens with zero attached hydrogens (tertiary/aromatic N) is 1. The molecule has 6 nitrogen and oxygen atoms in total. The van der Waals surface area contributed by atoms with Crippen LogP contribution in [0, 0.1) is 5.92 Å². The van der Waals surface area contributed by atoms with Gasteiger partial charge >= 0.3 is 5.97 Å². The quantitative estimate of drug-likeness (QED) is 0.304. The average molecular weight is 472 g/mol. The van der Waals surface area contributed by atoms with E-state index in [1.807, 2.05) is 43.3 Å². The number of benzene rings is 1. The molecule has 6 heteroatoms. The molecule has 1 spiro atoms. The average Bonchev–Trinajstić information content (AvgIpc) is 3.70.